The van der Waals surface area contributed by atoms with Gasteiger partial charge in [0.2, 0.25) is 0 Å². The molecule has 77 valence electrons. The first-order valence-electron chi connectivity index (χ1n) is 4.22. The average Bonchev–Trinajstić information content (AvgIpc) is 2.61. The molecule has 0 aliphatic carbocycles. The van der Waals surface area contributed by atoms with Crippen molar-refractivity contribution in [2.75, 3.05) is 0 Å². The van der Waals surface area contributed by atoms with Crippen LogP contribution in [0.1, 0.15) is 5.69 Å². The Morgan fingerprint density at radius 2 is 2.27 bits per heavy atom. The molecule has 0 bridgehead atoms. The molecule has 0 N–H and O–H groups in total. The Hall–Kier alpha value is -1.43. The topological polar surface area (TPSA) is 41.6 Å². The predicted octanol–water partition coefficient (Wildman–Crippen LogP) is 1.76. The van der Waals surface area contributed by atoms with E-state index in [4.69, 9.17) is 5.26 Å². The molecule has 1 aromatic heterocycles. The van der Waals surface area contributed by atoms with Gasteiger partial charge in [-0.15, -0.1) is 35.9 Å². The maximum Gasteiger partial charge on any atom is 0.147 e. The van der Waals surface area contributed by atoms with Crippen LogP contribution in [0.2, 0.25) is 0 Å². The maximum atomic E-state index is 8.69. The fourth-order valence-corrected chi connectivity index (χ4v) is 1.30. The molecule has 1 aromatic carbocycles. The van der Waals surface area contributed by atoms with Crippen LogP contribution in [0, 0.1) is 17.4 Å². The van der Waals surface area contributed by atoms with Gasteiger partial charge in [-0.2, -0.15) is 5.26 Å². The van der Waals surface area contributed by atoms with Gasteiger partial charge >= 0.3 is 0 Å². The molecule has 3 nitrogen and oxygen atoms in total. The van der Waals surface area contributed by atoms with Crippen molar-refractivity contribution >= 4 is 0 Å². The summed E-state index contributed by atoms with van der Waals surface area (Å²) in [6.07, 6.45) is 1.70. The number of hydrogen-bond acceptors (Lipinski definition) is 2. The largest absolute Gasteiger partial charge is 0.372 e. The van der Waals surface area contributed by atoms with Crippen LogP contribution in [-0.4, -0.2) is 9.55 Å². The third-order valence-electron chi connectivity index (χ3n) is 1.94. The molecule has 0 amide bonds. The van der Waals surface area contributed by atoms with E-state index >= 15 is 0 Å². The molecular formula is C11H8IrN3-. The SMILES string of the molecule is Cn1cc(C#N)nc1-c1[c-]cccc1.[Ir]. The van der Waals surface area contributed by atoms with E-state index < -0.39 is 0 Å². The summed E-state index contributed by atoms with van der Waals surface area (Å²) >= 11 is 0. The van der Waals surface area contributed by atoms with Gasteiger partial charge in [0, 0.05) is 33.3 Å². The van der Waals surface area contributed by atoms with Gasteiger partial charge in [0.1, 0.15) is 11.8 Å². The standard InChI is InChI=1S/C11H8N3.Ir/c1-14-8-10(7-12)13-11(14)9-5-3-2-4-6-9;/h2-5,8H,1H3;/q-1;. The van der Waals surface area contributed by atoms with Crippen molar-refractivity contribution in [2.45, 2.75) is 0 Å². The number of nitrogens with zero attached hydrogens (tertiary/aromatic N) is 3. The van der Waals surface area contributed by atoms with Crippen LogP contribution in [-0.2, 0) is 27.2 Å². The molecule has 0 saturated carbocycles. The van der Waals surface area contributed by atoms with Crippen molar-refractivity contribution in [1.29, 1.82) is 5.26 Å². The summed E-state index contributed by atoms with van der Waals surface area (Å²) in [6, 6.07) is 12.7. The van der Waals surface area contributed by atoms with Crippen LogP contribution in [0.3, 0.4) is 0 Å². The van der Waals surface area contributed by atoms with Gasteiger partial charge in [-0.1, -0.05) is 0 Å². The van der Waals surface area contributed by atoms with Crippen molar-refractivity contribution < 1.29 is 20.1 Å². The maximum absolute atomic E-state index is 8.69. The van der Waals surface area contributed by atoms with Crippen molar-refractivity contribution in [1.82, 2.24) is 9.55 Å². The Balaban J connectivity index is 0.00000112. The summed E-state index contributed by atoms with van der Waals surface area (Å²) in [7, 11) is 1.87. The van der Waals surface area contributed by atoms with Gasteiger partial charge in [0.05, 0.1) is 5.82 Å². The normalized spacial score (nSPS) is 9.07. The molecule has 4 heteroatoms. The summed E-state index contributed by atoms with van der Waals surface area (Å²) in [5.74, 6) is 0.766. The van der Waals surface area contributed by atoms with Crippen molar-refractivity contribution in [3.8, 4) is 17.5 Å². The van der Waals surface area contributed by atoms with Crippen molar-refractivity contribution in [3.05, 3.63) is 42.2 Å². The zero-order chi connectivity index (χ0) is 9.97. The minimum atomic E-state index is 0. The summed E-state index contributed by atoms with van der Waals surface area (Å²) in [5.41, 5.74) is 1.33. The van der Waals surface area contributed by atoms with Gasteiger partial charge < -0.3 is 4.57 Å². The Kier molecular flexibility index (Phi) is 3.79. The first-order chi connectivity index (χ1) is 6.81. The van der Waals surface area contributed by atoms with Gasteiger partial charge in [-0.25, -0.2) is 0 Å². The molecule has 0 atom stereocenters. The first kappa shape index (κ1) is 11.6. The van der Waals surface area contributed by atoms with Crippen LogP contribution >= 0.6 is 0 Å². The van der Waals surface area contributed by atoms with Gasteiger partial charge in [0.15, 0.2) is 0 Å². The Labute approximate surface area is 102 Å². The molecule has 0 unspecified atom stereocenters. The molecule has 0 spiro atoms. The van der Waals surface area contributed by atoms with Gasteiger partial charge in [-0.05, 0) is 0 Å². The summed E-state index contributed by atoms with van der Waals surface area (Å²) < 4.78 is 1.82. The molecule has 0 fully saturated rings. The van der Waals surface area contributed by atoms with Crippen LogP contribution in [0.15, 0.2) is 30.5 Å². The third-order valence-corrected chi connectivity index (χ3v) is 1.94. The number of aromatic nitrogens is 2. The number of benzene rings is 1. The number of aryl methyl sites for hydroxylation is 1. The number of hydrogen-bond donors (Lipinski definition) is 0. The van der Waals surface area contributed by atoms with E-state index in [1.165, 1.54) is 0 Å². The number of imidazole rings is 1. The Morgan fingerprint density at radius 1 is 1.47 bits per heavy atom. The van der Waals surface area contributed by atoms with E-state index in [0.717, 1.165) is 11.4 Å². The molecule has 1 heterocycles. The molecular weight excluding hydrogens is 366 g/mol. The molecule has 2 rings (SSSR count). The van der Waals surface area contributed by atoms with E-state index in [1.807, 2.05) is 41.9 Å². The molecule has 0 aliphatic rings. The van der Waals surface area contributed by atoms with Crippen LogP contribution in [0.4, 0.5) is 0 Å². The predicted molar refractivity (Wildman–Crippen MR) is 52.2 cm³/mol. The molecule has 1 radical (unpaired) electrons. The molecule has 0 saturated heterocycles. The van der Waals surface area contributed by atoms with E-state index in [2.05, 4.69) is 11.1 Å². The second-order valence-electron chi connectivity index (χ2n) is 2.95. The fourth-order valence-electron chi connectivity index (χ4n) is 1.30. The number of rotatable bonds is 1. The zero-order valence-corrected chi connectivity index (χ0v) is 10.5. The minimum absolute atomic E-state index is 0. The van der Waals surface area contributed by atoms with Crippen LogP contribution in [0.25, 0.3) is 11.4 Å². The Bertz CT molecular complexity index is 482. The minimum Gasteiger partial charge on any atom is -0.372 e. The van der Waals surface area contributed by atoms with Crippen LogP contribution < -0.4 is 0 Å². The van der Waals surface area contributed by atoms with Crippen molar-refractivity contribution in [3.63, 3.8) is 0 Å². The second-order valence-corrected chi connectivity index (χ2v) is 2.95. The van der Waals surface area contributed by atoms with E-state index in [9.17, 15) is 0 Å². The molecule has 0 aliphatic heterocycles. The zero-order valence-electron chi connectivity index (χ0n) is 8.06. The van der Waals surface area contributed by atoms with Gasteiger partial charge in [0.25, 0.3) is 0 Å². The van der Waals surface area contributed by atoms with Gasteiger partial charge in [-0.3, -0.25) is 4.98 Å². The monoisotopic (exact) mass is 375 g/mol. The molecule has 2 aromatic rings. The summed E-state index contributed by atoms with van der Waals surface area (Å²) in [5, 5.41) is 8.69. The number of nitriles is 1. The summed E-state index contributed by atoms with van der Waals surface area (Å²) in [4.78, 5) is 4.17. The average molecular weight is 374 g/mol. The van der Waals surface area contributed by atoms with Crippen LogP contribution in [0.5, 0.6) is 0 Å². The Morgan fingerprint density at radius 3 is 2.80 bits per heavy atom. The van der Waals surface area contributed by atoms with E-state index in [1.54, 1.807) is 6.20 Å². The smallest absolute Gasteiger partial charge is 0.147 e. The van der Waals surface area contributed by atoms with Crippen molar-refractivity contribution in [2.24, 2.45) is 7.05 Å². The summed E-state index contributed by atoms with van der Waals surface area (Å²) in [6.45, 7) is 0. The second kappa shape index (κ2) is 4.88. The first-order valence-corrected chi connectivity index (χ1v) is 4.22. The fraction of sp³-hybridized carbons (Fsp3) is 0.0909. The third kappa shape index (κ3) is 2.33. The molecule has 15 heavy (non-hydrogen) atoms. The quantitative estimate of drug-likeness (QED) is 0.714. The van der Waals surface area contributed by atoms with E-state index in [0.29, 0.717) is 5.69 Å². The van der Waals surface area contributed by atoms with E-state index in [-0.39, 0.29) is 20.1 Å².